The van der Waals surface area contributed by atoms with Crippen LogP contribution in [0.15, 0.2) is 64.1 Å². The first-order valence-electron chi connectivity index (χ1n) is 9.54. The molecule has 0 radical (unpaired) electrons. The number of hydrogen-bond acceptors (Lipinski definition) is 6. The van der Waals surface area contributed by atoms with Crippen LogP contribution in [0, 0.1) is 6.92 Å². The van der Waals surface area contributed by atoms with E-state index in [0.29, 0.717) is 34.5 Å². The van der Waals surface area contributed by atoms with E-state index < -0.39 is 5.91 Å². The molecule has 2 aromatic carbocycles. The van der Waals surface area contributed by atoms with E-state index in [0.717, 1.165) is 11.1 Å². The average Bonchev–Trinajstić information content (AvgIpc) is 3.24. The van der Waals surface area contributed by atoms with Gasteiger partial charge in [0.2, 0.25) is 0 Å². The number of halogens is 1. The number of hydrazone groups is 1. The van der Waals surface area contributed by atoms with Crippen LogP contribution in [0.3, 0.4) is 0 Å². The van der Waals surface area contributed by atoms with E-state index in [1.165, 1.54) is 6.21 Å². The van der Waals surface area contributed by atoms with Crippen LogP contribution < -0.4 is 10.2 Å². The Kier molecular flexibility index (Phi) is 7.45. The Bertz CT molecular complexity index is 1090. The second kappa shape index (κ2) is 10.4. The predicted octanol–water partition coefficient (Wildman–Crippen LogP) is 4.61. The van der Waals surface area contributed by atoms with Crippen molar-refractivity contribution in [1.82, 2.24) is 5.43 Å². The van der Waals surface area contributed by atoms with E-state index in [-0.39, 0.29) is 12.6 Å². The Morgan fingerprint density at radius 1 is 1.13 bits per heavy atom. The minimum atomic E-state index is -0.412. The lowest BCUT2D eigenvalue weighted by Gasteiger charge is -2.06. The Balaban J connectivity index is 1.51. The number of ether oxygens (including phenoxy) is 2. The van der Waals surface area contributed by atoms with Crippen LogP contribution >= 0.6 is 11.6 Å². The van der Waals surface area contributed by atoms with Crippen molar-refractivity contribution in [2.24, 2.45) is 5.10 Å². The van der Waals surface area contributed by atoms with E-state index >= 15 is 0 Å². The molecule has 0 fully saturated rings. The Morgan fingerprint density at radius 3 is 2.61 bits per heavy atom. The SMILES string of the molecule is CCOC(=O)c1ccc(-c2ccc(/C=N/NC(=O)COc3ccc(Cl)c(C)c3)o2)cc1. The van der Waals surface area contributed by atoms with Crippen molar-refractivity contribution in [1.29, 1.82) is 0 Å². The van der Waals surface area contributed by atoms with Crippen molar-refractivity contribution in [2.75, 3.05) is 13.2 Å². The summed E-state index contributed by atoms with van der Waals surface area (Å²) in [5, 5.41) is 4.50. The molecular formula is C23H21ClN2O5. The molecule has 160 valence electrons. The van der Waals surface area contributed by atoms with E-state index in [4.69, 9.17) is 25.5 Å². The van der Waals surface area contributed by atoms with Crippen molar-refractivity contribution in [3.8, 4) is 17.1 Å². The second-order valence-electron chi connectivity index (χ2n) is 6.49. The highest BCUT2D eigenvalue weighted by Gasteiger charge is 2.09. The van der Waals surface area contributed by atoms with Gasteiger partial charge in [0, 0.05) is 10.6 Å². The zero-order chi connectivity index (χ0) is 22.2. The standard InChI is InChI=1S/C23H21ClN2O5/c1-3-29-23(28)17-6-4-16(5-7-17)21-11-9-19(31-21)13-25-26-22(27)14-30-18-8-10-20(24)15(2)12-18/h4-13H,3,14H2,1-2H3,(H,26,27)/b25-13+. The Hall–Kier alpha value is -3.58. The number of rotatable bonds is 8. The fraction of sp³-hybridized carbons (Fsp3) is 0.174. The molecule has 0 aliphatic heterocycles. The van der Waals surface area contributed by atoms with Gasteiger partial charge in [-0.2, -0.15) is 5.10 Å². The number of carbonyl (C=O) groups is 2. The third-order valence-corrected chi connectivity index (χ3v) is 4.61. The highest BCUT2D eigenvalue weighted by molar-refractivity contribution is 6.31. The highest BCUT2D eigenvalue weighted by atomic mass is 35.5. The summed E-state index contributed by atoms with van der Waals surface area (Å²) in [7, 11) is 0. The summed E-state index contributed by atoms with van der Waals surface area (Å²) in [6.45, 7) is 3.75. The molecule has 3 rings (SSSR count). The third kappa shape index (κ3) is 6.20. The molecule has 3 aromatic rings. The van der Waals surface area contributed by atoms with Gasteiger partial charge in [0.25, 0.3) is 5.91 Å². The summed E-state index contributed by atoms with van der Waals surface area (Å²) in [6, 6.07) is 15.5. The molecule has 0 aliphatic carbocycles. The van der Waals surface area contributed by atoms with Gasteiger partial charge < -0.3 is 13.9 Å². The normalized spacial score (nSPS) is 10.8. The smallest absolute Gasteiger partial charge is 0.338 e. The molecule has 1 amide bonds. The van der Waals surface area contributed by atoms with E-state index in [1.54, 1.807) is 61.5 Å². The summed E-state index contributed by atoms with van der Waals surface area (Å²) in [5.41, 5.74) is 4.50. The largest absolute Gasteiger partial charge is 0.484 e. The quantitative estimate of drug-likeness (QED) is 0.313. The first kappa shape index (κ1) is 22.1. The highest BCUT2D eigenvalue weighted by Crippen LogP contribution is 2.22. The lowest BCUT2D eigenvalue weighted by molar-refractivity contribution is -0.123. The number of carbonyl (C=O) groups excluding carboxylic acids is 2. The van der Waals surface area contributed by atoms with Gasteiger partial charge in [-0.3, -0.25) is 4.79 Å². The van der Waals surface area contributed by atoms with Crippen LogP contribution in [-0.2, 0) is 9.53 Å². The lowest BCUT2D eigenvalue weighted by atomic mass is 10.1. The van der Waals surface area contributed by atoms with Crippen molar-refractivity contribution in [2.45, 2.75) is 13.8 Å². The average molecular weight is 441 g/mol. The van der Waals surface area contributed by atoms with Crippen molar-refractivity contribution < 1.29 is 23.5 Å². The van der Waals surface area contributed by atoms with Gasteiger partial charge in [-0.1, -0.05) is 23.7 Å². The van der Waals surface area contributed by atoms with Crippen LogP contribution in [-0.4, -0.2) is 31.3 Å². The van der Waals surface area contributed by atoms with Crippen molar-refractivity contribution in [3.05, 3.63) is 76.5 Å². The molecule has 1 aromatic heterocycles. The van der Waals surface area contributed by atoms with E-state index in [9.17, 15) is 9.59 Å². The second-order valence-corrected chi connectivity index (χ2v) is 6.90. The van der Waals surface area contributed by atoms with Gasteiger partial charge in [-0.05, 0) is 61.9 Å². The number of nitrogens with zero attached hydrogens (tertiary/aromatic N) is 1. The molecule has 0 spiro atoms. The molecule has 0 aliphatic rings. The Morgan fingerprint density at radius 2 is 1.90 bits per heavy atom. The number of nitrogens with one attached hydrogen (secondary N) is 1. The maximum Gasteiger partial charge on any atom is 0.338 e. The number of aryl methyl sites for hydroxylation is 1. The molecule has 1 heterocycles. The molecule has 1 N–H and O–H groups in total. The number of hydrogen-bond donors (Lipinski definition) is 1. The number of amides is 1. The molecular weight excluding hydrogens is 420 g/mol. The summed E-state index contributed by atoms with van der Waals surface area (Å²) >= 11 is 5.96. The monoisotopic (exact) mass is 440 g/mol. The topological polar surface area (TPSA) is 90.1 Å². The molecule has 0 bridgehead atoms. The summed E-state index contributed by atoms with van der Waals surface area (Å²) in [5.74, 6) is 0.826. The van der Waals surface area contributed by atoms with Gasteiger partial charge in [0.15, 0.2) is 6.61 Å². The van der Waals surface area contributed by atoms with Crippen molar-refractivity contribution >= 4 is 29.7 Å². The summed E-state index contributed by atoms with van der Waals surface area (Å²) in [4.78, 5) is 23.6. The predicted molar refractivity (Wildman–Crippen MR) is 118 cm³/mol. The summed E-state index contributed by atoms with van der Waals surface area (Å²) in [6.07, 6.45) is 1.39. The number of benzene rings is 2. The first-order valence-corrected chi connectivity index (χ1v) is 9.92. The van der Waals surface area contributed by atoms with Crippen LogP contribution in [0.4, 0.5) is 0 Å². The van der Waals surface area contributed by atoms with Gasteiger partial charge in [0.05, 0.1) is 18.4 Å². The molecule has 0 saturated carbocycles. The maximum atomic E-state index is 11.9. The summed E-state index contributed by atoms with van der Waals surface area (Å²) < 4.78 is 16.1. The molecule has 0 unspecified atom stereocenters. The van der Waals surface area contributed by atoms with Crippen molar-refractivity contribution in [3.63, 3.8) is 0 Å². The molecule has 7 nitrogen and oxygen atoms in total. The van der Waals surface area contributed by atoms with Gasteiger partial charge >= 0.3 is 5.97 Å². The van der Waals surface area contributed by atoms with Crippen LogP contribution in [0.25, 0.3) is 11.3 Å². The van der Waals surface area contributed by atoms with Crippen LogP contribution in [0.1, 0.15) is 28.6 Å². The fourth-order valence-corrected chi connectivity index (χ4v) is 2.74. The molecule has 8 heteroatoms. The molecule has 0 saturated heterocycles. The number of esters is 1. The van der Waals surface area contributed by atoms with E-state index in [2.05, 4.69) is 10.5 Å². The molecule has 0 atom stereocenters. The molecule has 31 heavy (non-hydrogen) atoms. The fourth-order valence-electron chi connectivity index (χ4n) is 2.62. The third-order valence-electron chi connectivity index (χ3n) is 4.19. The Labute approximate surface area is 184 Å². The zero-order valence-corrected chi connectivity index (χ0v) is 17.8. The lowest BCUT2D eigenvalue weighted by Crippen LogP contribution is -2.24. The zero-order valence-electron chi connectivity index (χ0n) is 17.1. The van der Waals surface area contributed by atoms with Gasteiger partial charge in [0.1, 0.15) is 17.3 Å². The first-order chi connectivity index (χ1) is 15.0. The minimum Gasteiger partial charge on any atom is -0.484 e. The van der Waals surface area contributed by atoms with E-state index in [1.807, 2.05) is 6.92 Å². The number of furan rings is 1. The van der Waals surface area contributed by atoms with Gasteiger partial charge in [-0.15, -0.1) is 0 Å². The van der Waals surface area contributed by atoms with Crippen LogP contribution in [0.5, 0.6) is 5.75 Å². The minimum absolute atomic E-state index is 0.186. The maximum absolute atomic E-state index is 11.9. The van der Waals surface area contributed by atoms with Crippen LogP contribution in [0.2, 0.25) is 5.02 Å². The van der Waals surface area contributed by atoms with Gasteiger partial charge in [-0.25, -0.2) is 10.2 Å².